The van der Waals surface area contributed by atoms with Crippen molar-refractivity contribution in [3.63, 3.8) is 0 Å². The standard InChI is InChI=1S/C21H19ClN4O2/c1-14-2-4-15(5-3-14)18-11-24-21(28-18)9-8-20(27)23-10-17-13-26-12-16(22)6-7-19(26)25-17/h2-7,11-13H,8-10H2,1H3,(H,23,27). The summed E-state index contributed by atoms with van der Waals surface area (Å²) < 4.78 is 7.59. The van der Waals surface area contributed by atoms with Crippen molar-refractivity contribution in [2.45, 2.75) is 26.3 Å². The maximum absolute atomic E-state index is 12.1. The normalized spacial score (nSPS) is 11.1. The van der Waals surface area contributed by atoms with E-state index in [1.165, 1.54) is 5.56 Å². The fourth-order valence-electron chi connectivity index (χ4n) is 2.88. The van der Waals surface area contributed by atoms with Crippen molar-refractivity contribution in [3.8, 4) is 11.3 Å². The fraction of sp³-hybridized carbons (Fsp3) is 0.190. The van der Waals surface area contributed by atoms with Gasteiger partial charge >= 0.3 is 0 Å². The van der Waals surface area contributed by atoms with Gasteiger partial charge in [0.2, 0.25) is 5.91 Å². The van der Waals surface area contributed by atoms with Gasteiger partial charge in [0.1, 0.15) is 5.65 Å². The summed E-state index contributed by atoms with van der Waals surface area (Å²) in [6.45, 7) is 2.40. The Hall–Kier alpha value is -3.12. The number of oxazole rings is 1. The molecule has 0 aliphatic heterocycles. The third-order valence-corrected chi connectivity index (χ3v) is 4.61. The maximum Gasteiger partial charge on any atom is 0.220 e. The zero-order chi connectivity index (χ0) is 19.5. The highest BCUT2D eigenvalue weighted by Crippen LogP contribution is 2.21. The number of fused-ring (bicyclic) bond motifs is 1. The van der Waals surface area contributed by atoms with Gasteiger partial charge in [-0.3, -0.25) is 4.79 Å². The Labute approximate surface area is 167 Å². The molecule has 0 fully saturated rings. The van der Waals surface area contributed by atoms with Crippen LogP contribution in [0.1, 0.15) is 23.6 Å². The van der Waals surface area contributed by atoms with Crippen molar-refractivity contribution in [2.75, 3.05) is 0 Å². The number of nitrogens with zero attached hydrogens (tertiary/aromatic N) is 3. The smallest absolute Gasteiger partial charge is 0.220 e. The molecule has 0 spiro atoms. The van der Waals surface area contributed by atoms with Gasteiger partial charge in [-0.2, -0.15) is 0 Å². The predicted octanol–water partition coefficient (Wildman–Crippen LogP) is 4.20. The average Bonchev–Trinajstić information content (AvgIpc) is 3.31. The van der Waals surface area contributed by atoms with E-state index < -0.39 is 0 Å². The number of amides is 1. The lowest BCUT2D eigenvalue weighted by Gasteiger charge is -2.01. The number of halogens is 1. The number of hydrogen-bond acceptors (Lipinski definition) is 4. The lowest BCUT2D eigenvalue weighted by Crippen LogP contribution is -2.23. The van der Waals surface area contributed by atoms with Crippen LogP contribution >= 0.6 is 11.6 Å². The molecule has 0 radical (unpaired) electrons. The molecule has 7 heteroatoms. The summed E-state index contributed by atoms with van der Waals surface area (Å²) >= 11 is 5.97. The Morgan fingerprint density at radius 1 is 1.18 bits per heavy atom. The van der Waals surface area contributed by atoms with E-state index in [1.807, 2.05) is 47.9 Å². The molecular formula is C21H19ClN4O2. The molecule has 0 aliphatic carbocycles. The van der Waals surface area contributed by atoms with Gasteiger partial charge in [0.25, 0.3) is 0 Å². The van der Waals surface area contributed by atoms with Crippen LogP contribution in [0.4, 0.5) is 0 Å². The minimum Gasteiger partial charge on any atom is -0.441 e. The van der Waals surface area contributed by atoms with Gasteiger partial charge in [-0.25, -0.2) is 9.97 Å². The molecule has 0 saturated heterocycles. The van der Waals surface area contributed by atoms with Crippen LogP contribution < -0.4 is 5.32 Å². The van der Waals surface area contributed by atoms with Gasteiger partial charge in [0, 0.05) is 30.8 Å². The van der Waals surface area contributed by atoms with Crippen LogP contribution in [-0.2, 0) is 17.8 Å². The number of carbonyl (C=O) groups excluding carboxylic acids is 1. The van der Waals surface area contributed by atoms with Crippen LogP contribution in [0.15, 0.2) is 59.4 Å². The third-order valence-electron chi connectivity index (χ3n) is 4.39. The molecule has 3 aromatic heterocycles. The highest BCUT2D eigenvalue weighted by molar-refractivity contribution is 6.30. The van der Waals surface area contributed by atoms with E-state index in [9.17, 15) is 4.79 Å². The average molecular weight is 395 g/mol. The van der Waals surface area contributed by atoms with Crippen molar-refractivity contribution < 1.29 is 9.21 Å². The van der Waals surface area contributed by atoms with Crippen molar-refractivity contribution in [1.82, 2.24) is 19.7 Å². The summed E-state index contributed by atoms with van der Waals surface area (Å²) in [5, 5.41) is 3.51. The Bertz CT molecular complexity index is 1120. The summed E-state index contributed by atoms with van der Waals surface area (Å²) in [7, 11) is 0. The molecular weight excluding hydrogens is 376 g/mol. The highest BCUT2D eigenvalue weighted by Gasteiger charge is 2.10. The van der Waals surface area contributed by atoms with Crippen LogP contribution in [0.3, 0.4) is 0 Å². The molecule has 1 N–H and O–H groups in total. The van der Waals surface area contributed by atoms with Crippen LogP contribution in [0.25, 0.3) is 17.0 Å². The summed E-state index contributed by atoms with van der Waals surface area (Å²) in [4.78, 5) is 20.9. The lowest BCUT2D eigenvalue weighted by atomic mass is 10.1. The zero-order valence-electron chi connectivity index (χ0n) is 15.4. The Morgan fingerprint density at radius 3 is 2.82 bits per heavy atom. The first-order valence-electron chi connectivity index (χ1n) is 8.98. The van der Waals surface area contributed by atoms with Gasteiger partial charge in [0.15, 0.2) is 11.7 Å². The summed E-state index contributed by atoms with van der Waals surface area (Å²) in [6, 6.07) is 11.7. The molecule has 4 rings (SSSR count). The van der Waals surface area contributed by atoms with Gasteiger partial charge in [-0.1, -0.05) is 41.4 Å². The van der Waals surface area contributed by atoms with Crippen molar-refractivity contribution in [2.24, 2.45) is 0 Å². The Kier molecular flexibility index (Phi) is 5.12. The molecule has 1 amide bonds. The van der Waals surface area contributed by atoms with Crippen molar-refractivity contribution in [3.05, 3.63) is 77.2 Å². The topological polar surface area (TPSA) is 72.4 Å². The summed E-state index contributed by atoms with van der Waals surface area (Å²) in [6.07, 6.45) is 6.07. The number of aromatic nitrogens is 3. The molecule has 0 bridgehead atoms. The lowest BCUT2D eigenvalue weighted by molar-refractivity contribution is -0.121. The van der Waals surface area contributed by atoms with Crippen LogP contribution in [0, 0.1) is 6.92 Å². The molecule has 142 valence electrons. The number of hydrogen-bond donors (Lipinski definition) is 1. The molecule has 3 heterocycles. The zero-order valence-corrected chi connectivity index (χ0v) is 16.1. The molecule has 6 nitrogen and oxygen atoms in total. The summed E-state index contributed by atoms with van der Waals surface area (Å²) in [5.74, 6) is 1.18. The van der Waals surface area contributed by atoms with E-state index in [4.69, 9.17) is 16.0 Å². The number of carbonyl (C=O) groups is 1. The third kappa shape index (κ3) is 4.23. The molecule has 0 unspecified atom stereocenters. The van der Waals surface area contributed by atoms with E-state index in [1.54, 1.807) is 18.5 Å². The number of imidazole rings is 1. The summed E-state index contributed by atoms with van der Waals surface area (Å²) in [5.41, 5.74) is 3.72. The van der Waals surface area contributed by atoms with Gasteiger partial charge in [0.05, 0.1) is 23.5 Å². The van der Waals surface area contributed by atoms with Crippen LogP contribution in [-0.4, -0.2) is 20.3 Å². The maximum atomic E-state index is 12.1. The van der Waals surface area contributed by atoms with Crippen molar-refractivity contribution >= 4 is 23.2 Å². The Morgan fingerprint density at radius 2 is 2.00 bits per heavy atom. The fourth-order valence-corrected chi connectivity index (χ4v) is 3.05. The van der Waals surface area contributed by atoms with Crippen molar-refractivity contribution in [1.29, 1.82) is 0 Å². The first-order valence-corrected chi connectivity index (χ1v) is 9.36. The minimum atomic E-state index is -0.0785. The monoisotopic (exact) mass is 394 g/mol. The largest absolute Gasteiger partial charge is 0.441 e. The highest BCUT2D eigenvalue weighted by atomic mass is 35.5. The van der Waals surface area contributed by atoms with Gasteiger partial charge < -0.3 is 14.1 Å². The number of pyridine rings is 1. The van der Waals surface area contributed by atoms with E-state index in [0.717, 1.165) is 16.9 Å². The molecule has 4 aromatic rings. The quantitative estimate of drug-likeness (QED) is 0.532. The second-order valence-corrected chi connectivity index (χ2v) is 7.04. The second-order valence-electron chi connectivity index (χ2n) is 6.61. The van der Waals surface area contributed by atoms with Crippen LogP contribution in [0.5, 0.6) is 0 Å². The molecule has 0 aliphatic rings. The second kappa shape index (κ2) is 7.86. The molecule has 28 heavy (non-hydrogen) atoms. The first kappa shape index (κ1) is 18.3. The number of benzene rings is 1. The SMILES string of the molecule is Cc1ccc(-c2cnc(CCC(=O)NCc3cn4cc(Cl)ccc4n3)o2)cc1. The number of aryl methyl sites for hydroxylation is 2. The molecule has 1 aromatic carbocycles. The van der Waals surface area contributed by atoms with E-state index in [2.05, 4.69) is 15.3 Å². The number of rotatable bonds is 6. The Balaban J connectivity index is 1.30. The van der Waals surface area contributed by atoms with E-state index in [-0.39, 0.29) is 5.91 Å². The first-order chi connectivity index (χ1) is 13.6. The van der Waals surface area contributed by atoms with Crippen LogP contribution in [0.2, 0.25) is 5.02 Å². The van der Waals surface area contributed by atoms with E-state index >= 15 is 0 Å². The van der Waals surface area contributed by atoms with E-state index in [0.29, 0.717) is 36.1 Å². The molecule has 0 atom stereocenters. The molecule has 0 saturated carbocycles. The van der Waals surface area contributed by atoms with Gasteiger partial charge in [-0.15, -0.1) is 0 Å². The van der Waals surface area contributed by atoms with Gasteiger partial charge in [-0.05, 0) is 19.1 Å². The minimum absolute atomic E-state index is 0.0785. The predicted molar refractivity (Wildman–Crippen MR) is 107 cm³/mol. The number of nitrogens with one attached hydrogen (secondary N) is 1.